The molecule has 1 aromatic rings. The van der Waals surface area contributed by atoms with Crippen LogP contribution in [-0.2, 0) is 4.79 Å². The van der Waals surface area contributed by atoms with Crippen LogP contribution in [0.3, 0.4) is 0 Å². The number of aryl methyl sites for hydroxylation is 1. The molecule has 5 heteroatoms. The molecular formula is C16H24N2OS2. The minimum absolute atomic E-state index is 0.0731. The van der Waals surface area contributed by atoms with Gasteiger partial charge in [0.25, 0.3) is 0 Å². The van der Waals surface area contributed by atoms with Gasteiger partial charge in [0.2, 0.25) is 5.91 Å². The number of amides is 1. The Bertz CT molecular complexity index is 522. The fourth-order valence-corrected chi connectivity index (χ4v) is 4.75. The predicted molar refractivity (Wildman–Crippen MR) is 90.8 cm³/mol. The molecule has 2 fully saturated rings. The second kappa shape index (κ2) is 5.94. The van der Waals surface area contributed by atoms with Crippen molar-refractivity contribution < 1.29 is 4.79 Å². The van der Waals surface area contributed by atoms with E-state index in [9.17, 15) is 4.79 Å². The van der Waals surface area contributed by atoms with E-state index in [1.165, 1.54) is 22.6 Å². The van der Waals surface area contributed by atoms with E-state index in [-0.39, 0.29) is 11.7 Å². The van der Waals surface area contributed by atoms with Crippen molar-refractivity contribution in [2.45, 2.75) is 56.5 Å². The molecule has 1 aromatic heterocycles. The monoisotopic (exact) mass is 324 g/mol. The number of carbonyl (C=O) groups excluding carboxylic acids is 1. The van der Waals surface area contributed by atoms with E-state index in [0.717, 1.165) is 19.4 Å². The van der Waals surface area contributed by atoms with Crippen LogP contribution in [0.25, 0.3) is 0 Å². The molecule has 2 heterocycles. The van der Waals surface area contributed by atoms with E-state index in [4.69, 9.17) is 0 Å². The molecule has 1 spiro atoms. The van der Waals surface area contributed by atoms with Gasteiger partial charge < -0.3 is 4.90 Å². The molecule has 0 aromatic carbocycles. The summed E-state index contributed by atoms with van der Waals surface area (Å²) in [6, 6.07) is 4.33. The van der Waals surface area contributed by atoms with Crippen LogP contribution >= 0.6 is 23.1 Å². The van der Waals surface area contributed by atoms with Crippen LogP contribution in [0.1, 0.15) is 48.5 Å². The van der Waals surface area contributed by atoms with Crippen LogP contribution in [0.2, 0.25) is 0 Å². The lowest BCUT2D eigenvalue weighted by atomic mass is 9.98. The Hall–Kier alpha value is -0.520. The van der Waals surface area contributed by atoms with Gasteiger partial charge in [-0.15, -0.1) is 11.3 Å². The zero-order valence-electron chi connectivity index (χ0n) is 13.0. The van der Waals surface area contributed by atoms with Gasteiger partial charge in [-0.3, -0.25) is 10.1 Å². The van der Waals surface area contributed by atoms with Crippen molar-refractivity contribution in [3.63, 3.8) is 0 Å². The first-order valence-corrected chi connectivity index (χ1v) is 9.84. The summed E-state index contributed by atoms with van der Waals surface area (Å²) in [6.45, 7) is 5.16. The lowest BCUT2D eigenvalue weighted by Gasteiger charge is -2.26. The largest absolute Gasteiger partial charge is 0.319 e. The molecule has 1 N–H and O–H groups in total. The fourth-order valence-electron chi connectivity index (χ4n) is 3.50. The smallest absolute Gasteiger partial charge is 0.244 e. The molecule has 1 saturated carbocycles. The molecule has 3 nitrogen and oxygen atoms in total. The van der Waals surface area contributed by atoms with Gasteiger partial charge >= 0.3 is 0 Å². The Morgan fingerprint density at radius 3 is 2.76 bits per heavy atom. The number of carbonyl (C=O) groups is 1. The Morgan fingerprint density at radius 1 is 1.48 bits per heavy atom. The first-order chi connectivity index (χ1) is 10.1. The highest BCUT2D eigenvalue weighted by atomic mass is 32.2. The second-order valence-corrected chi connectivity index (χ2v) is 8.88. The third-order valence-electron chi connectivity index (χ3n) is 4.74. The molecule has 1 aliphatic heterocycles. The average molecular weight is 325 g/mol. The molecule has 21 heavy (non-hydrogen) atoms. The summed E-state index contributed by atoms with van der Waals surface area (Å²) >= 11 is 3.63. The molecule has 2 atom stereocenters. The molecule has 0 bridgehead atoms. The summed E-state index contributed by atoms with van der Waals surface area (Å²) in [5.74, 6) is 0.331. The zero-order valence-corrected chi connectivity index (χ0v) is 14.6. The summed E-state index contributed by atoms with van der Waals surface area (Å²) in [7, 11) is 0. The quantitative estimate of drug-likeness (QED) is 0.919. The van der Waals surface area contributed by atoms with Crippen LogP contribution in [0.4, 0.5) is 0 Å². The van der Waals surface area contributed by atoms with Crippen LogP contribution in [-0.4, -0.2) is 34.4 Å². The van der Waals surface area contributed by atoms with E-state index in [2.05, 4.69) is 42.5 Å². The van der Waals surface area contributed by atoms with Gasteiger partial charge in [0.15, 0.2) is 0 Å². The van der Waals surface area contributed by atoms with Crippen LogP contribution in [0.5, 0.6) is 0 Å². The van der Waals surface area contributed by atoms with E-state index in [1.54, 1.807) is 11.3 Å². The number of hydrogen-bond acceptors (Lipinski definition) is 4. The third-order valence-corrected chi connectivity index (χ3v) is 6.75. The molecule has 3 rings (SSSR count). The molecule has 1 saturated heterocycles. The van der Waals surface area contributed by atoms with Gasteiger partial charge in [0, 0.05) is 21.5 Å². The summed E-state index contributed by atoms with van der Waals surface area (Å²) in [6.07, 6.45) is 6.52. The molecule has 0 radical (unpaired) electrons. The topological polar surface area (TPSA) is 32.3 Å². The minimum Gasteiger partial charge on any atom is -0.319 e. The van der Waals surface area contributed by atoms with Crippen LogP contribution in [0.15, 0.2) is 12.1 Å². The van der Waals surface area contributed by atoms with Crippen molar-refractivity contribution in [2.24, 2.45) is 0 Å². The summed E-state index contributed by atoms with van der Waals surface area (Å²) in [5, 5.41) is 4.17. The van der Waals surface area contributed by atoms with Crippen molar-refractivity contribution >= 4 is 29.0 Å². The molecular weight excluding hydrogens is 300 g/mol. The molecule has 1 aliphatic carbocycles. The summed E-state index contributed by atoms with van der Waals surface area (Å²) in [5.41, 5.74) is -0.277. The molecule has 2 aliphatic rings. The number of nitrogens with zero attached hydrogens (tertiary/aromatic N) is 1. The summed E-state index contributed by atoms with van der Waals surface area (Å²) < 4.78 is 0. The second-order valence-electron chi connectivity index (χ2n) is 6.29. The lowest BCUT2D eigenvalue weighted by molar-refractivity contribution is -0.133. The SMILES string of the molecule is CSC(C)CN1C(=O)C2(CCCC2)NC1c1ccc(C)s1. The fraction of sp³-hybridized carbons (Fsp3) is 0.688. The lowest BCUT2D eigenvalue weighted by Crippen LogP contribution is -2.44. The van der Waals surface area contributed by atoms with Gasteiger partial charge in [-0.2, -0.15) is 11.8 Å². The molecule has 2 unspecified atom stereocenters. The number of thioether (sulfide) groups is 1. The van der Waals surface area contributed by atoms with Crippen LogP contribution in [0, 0.1) is 6.92 Å². The van der Waals surface area contributed by atoms with Crippen molar-refractivity contribution in [3.8, 4) is 0 Å². The first-order valence-electron chi connectivity index (χ1n) is 7.74. The average Bonchev–Trinajstić information content (AvgIpc) is 3.16. The molecule has 116 valence electrons. The number of rotatable bonds is 4. The highest BCUT2D eigenvalue weighted by molar-refractivity contribution is 7.99. The number of nitrogens with one attached hydrogen (secondary N) is 1. The number of thiophene rings is 1. The Labute approximate surface area is 135 Å². The van der Waals surface area contributed by atoms with Crippen molar-refractivity contribution in [1.82, 2.24) is 10.2 Å². The van der Waals surface area contributed by atoms with E-state index < -0.39 is 0 Å². The Balaban J connectivity index is 1.89. The van der Waals surface area contributed by atoms with Gasteiger partial charge in [-0.25, -0.2) is 0 Å². The maximum absolute atomic E-state index is 13.0. The van der Waals surface area contributed by atoms with Gasteiger partial charge in [0.1, 0.15) is 6.17 Å². The van der Waals surface area contributed by atoms with Crippen molar-refractivity contribution in [1.29, 1.82) is 0 Å². The Morgan fingerprint density at radius 2 is 2.19 bits per heavy atom. The van der Waals surface area contributed by atoms with Gasteiger partial charge in [-0.05, 0) is 38.2 Å². The van der Waals surface area contributed by atoms with Gasteiger partial charge in [0.05, 0.1) is 5.54 Å². The van der Waals surface area contributed by atoms with Crippen LogP contribution < -0.4 is 5.32 Å². The highest BCUT2D eigenvalue weighted by Crippen LogP contribution is 2.42. The van der Waals surface area contributed by atoms with E-state index >= 15 is 0 Å². The van der Waals surface area contributed by atoms with E-state index in [1.807, 2.05) is 11.8 Å². The zero-order chi connectivity index (χ0) is 15.0. The highest BCUT2D eigenvalue weighted by Gasteiger charge is 2.52. The van der Waals surface area contributed by atoms with Crippen molar-refractivity contribution in [2.75, 3.05) is 12.8 Å². The predicted octanol–water partition coefficient (Wildman–Crippen LogP) is 3.55. The summed E-state index contributed by atoms with van der Waals surface area (Å²) in [4.78, 5) is 17.7. The standard InChI is InChI=1S/C16H24N2OS2/c1-11-6-7-13(21-11)14-17-16(8-4-5-9-16)15(19)18(14)10-12(2)20-3/h6-7,12,14,17H,4-5,8-10H2,1-3H3. The minimum atomic E-state index is -0.277. The molecule has 1 amide bonds. The normalized spacial score (nSPS) is 26.0. The van der Waals surface area contributed by atoms with E-state index in [0.29, 0.717) is 11.2 Å². The first kappa shape index (κ1) is 15.4. The Kier molecular flexibility index (Phi) is 4.35. The maximum Gasteiger partial charge on any atom is 0.244 e. The van der Waals surface area contributed by atoms with Gasteiger partial charge in [-0.1, -0.05) is 19.8 Å². The number of hydrogen-bond donors (Lipinski definition) is 1. The van der Waals surface area contributed by atoms with Crippen molar-refractivity contribution in [3.05, 3.63) is 21.9 Å². The maximum atomic E-state index is 13.0. The third kappa shape index (κ3) is 2.76.